The van der Waals surface area contributed by atoms with E-state index in [1.165, 1.54) is 0 Å². The smallest absolute Gasteiger partial charge is 0.309 e. The Balaban J connectivity index is 2.36. The minimum atomic E-state index is -3.09. The molecule has 112 valence electrons. The van der Waals surface area contributed by atoms with Gasteiger partial charge in [0, 0.05) is 6.16 Å². The van der Waals surface area contributed by atoms with Gasteiger partial charge < -0.3 is 4.52 Å². The van der Waals surface area contributed by atoms with Gasteiger partial charge in [-0.2, -0.15) is 0 Å². The highest BCUT2D eigenvalue weighted by molar-refractivity contribution is 7.53. The first-order valence-corrected chi connectivity index (χ1v) is 8.93. The van der Waals surface area contributed by atoms with Crippen molar-refractivity contribution in [3.05, 3.63) is 71.8 Å². The minimum absolute atomic E-state index is 0.358. The van der Waals surface area contributed by atoms with Crippen molar-refractivity contribution in [2.45, 2.75) is 20.0 Å². The van der Waals surface area contributed by atoms with Crippen LogP contribution in [0.25, 0.3) is 0 Å². The fourth-order valence-electron chi connectivity index (χ4n) is 2.12. The fourth-order valence-corrected chi connectivity index (χ4v) is 3.47. The first-order valence-electron chi connectivity index (χ1n) is 7.20. The molecule has 0 bridgehead atoms. The van der Waals surface area contributed by atoms with E-state index in [0.29, 0.717) is 12.8 Å². The van der Waals surface area contributed by atoms with E-state index in [1.807, 2.05) is 74.5 Å². The molecule has 0 radical (unpaired) electrons. The van der Waals surface area contributed by atoms with E-state index >= 15 is 0 Å². The third kappa shape index (κ3) is 4.28. The third-order valence-electron chi connectivity index (χ3n) is 3.18. The predicted molar refractivity (Wildman–Crippen MR) is 85.6 cm³/mol. The van der Waals surface area contributed by atoms with Gasteiger partial charge >= 0.3 is 7.60 Å². The topological polar surface area (TPSA) is 35.5 Å². The summed E-state index contributed by atoms with van der Waals surface area (Å²) in [4.78, 5) is 0. The third-order valence-corrected chi connectivity index (χ3v) is 5.14. The van der Waals surface area contributed by atoms with E-state index in [1.54, 1.807) is 0 Å². The summed E-state index contributed by atoms with van der Waals surface area (Å²) in [5, 5.41) is 0. The van der Waals surface area contributed by atoms with Gasteiger partial charge in [0.15, 0.2) is 0 Å². The molecule has 21 heavy (non-hydrogen) atoms. The van der Waals surface area contributed by atoms with Crippen LogP contribution in [0.4, 0.5) is 0 Å². The maximum absolute atomic E-state index is 12.7. The Kier molecular flexibility index (Phi) is 5.75. The average molecular weight is 304 g/mol. The zero-order valence-corrected chi connectivity index (χ0v) is 13.3. The molecule has 0 spiro atoms. The van der Waals surface area contributed by atoms with Gasteiger partial charge in [-0.05, 0) is 18.1 Å². The van der Waals surface area contributed by atoms with Gasteiger partial charge in [0.05, 0.1) is 6.61 Å². The fraction of sp³-hybridized carbons (Fsp3) is 0.294. The van der Waals surface area contributed by atoms with Crippen molar-refractivity contribution in [2.75, 3.05) is 12.8 Å². The number of rotatable bonds is 7. The lowest BCUT2D eigenvalue weighted by atomic mass is 10.0. The molecule has 3 nitrogen and oxygen atoms in total. The predicted octanol–water partition coefficient (Wildman–Crippen LogP) is 5.04. The molecule has 0 aliphatic carbocycles. The van der Waals surface area contributed by atoms with Crippen LogP contribution in [0.1, 0.15) is 31.1 Å². The van der Waals surface area contributed by atoms with Crippen LogP contribution in [-0.4, -0.2) is 12.8 Å². The van der Waals surface area contributed by atoms with Gasteiger partial charge in [-0.3, -0.25) is 9.09 Å². The molecule has 0 aliphatic rings. The number of hydrogen-bond donors (Lipinski definition) is 0. The SMILES string of the molecule is CCOP(=O)(CC)OC(c1ccccc1)c1ccccc1. The van der Waals surface area contributed by atoms with Gasteiger partial charge in [-0.25, -0.2) is 0 Å². The molecule has 0 fully saturated rings. The van der Waals surface area contributed by atoms with Crippen LogP contribution in [0.3, 0.4) is 0 Å². The molecule has 2 aromatic carbocycles. The molecule has 2 rings (SSSR count). The van der Waals surface area contributed by atoms with Crippen molar-refractivity contribution >= 4 is 7.60 Å². The summed E-state index contributed by atoms with van der Waals surface area (Å²) < 4.78 is 24.0. The molecule has 0 saturated carbocycles. The van der Waals surface area contributed by atoms with Crippen LogP contribution < -0.4 is 0 Å². The van der Waals surface area contributed by atoms with Gasteiger partial charge in [0.2, 0.25) is 0 Å². The zero-order chi connectivity index (χ0) is 15.1. The standard InChI is InChI=1S/C17H21O3P/c1-3-19-21(18,4-2)20-17(15-11-7-5-8-12-15)16-13-9-6-10-14-16/h5-14,17H,3-4H2,1-2H3. The molecule has 0 heterocycles. The van der Waals surface area contributed by atoms with E-state index in [4.69, 9.17) is 9.05 Å². The normalized spacial score (nSPS) is 14.0. The van der Waals surface area contributed by atoms with Gasteiger partial charge in [0.25, 0.3) is 0 Å². The maximum Gasteiger partial charge on any atom is 0.331 e. The molecular weight excluding hydrogens is 283 g/mol. The molecule has 0 amide bonds. The monoisotopic (exact) mass is 304 g/mol. The van der Waals surface area contributed by atoms with Crippen LogP contribution in [0, 0.1) is 0 Å². The zero-order valence-electron chi connectivity index (χ0n) is 12.4. The molecule has 0 aromatic heterocycles. The van der Waals surface area contributed by atoms with Crippen molar-refractivity contribution in [3.8, 4) is 0 Å². The van der Waals surface area contributed by atoms with Crippen molar-refractivity contribution in [1.82, 2.24) is 0 Å². The van der Waals surface area contributed by atoms with E-state index < -0.39 is 7.60 Å². The van der Waals surface area contributed by atoms with Gasteiger partial charge in [0.1, 0.15) is 6.10 Å². The van der Waals surface area contributed by atoms with Crippen molar-refractivity contribution in [3.63, 3.8) is 0 Å². The second kappa shape index (κ2) is 7.56. The summed E-state index contributed by atoms with van der Waals surface area (Å²) in [7, 11) is -3.09. The average Bonchev–Trinajstić information content (AvgIpc) is 2.55. The molecular formula is C17H21O3P. The highest BCUT2D eigenvalue weighted by Gasteiger charge is 2.28. The van der Waals surface area contributed by atoms with Crippen LogP contribution in [0.15, 0.2) is 60.7 Å². The second-order valence-corrected chi connectivity index (χ2v) is 6.98. The van der Waals surface area contributed by atoms with Crippen molar-refractivity contribution in [1.29, 1.82) is 0 Å². The minimum Gasteiger partial charge on any atom is -0.309 e. The molecule has 0 N–H and O–H groups in total. The Morgan fingerprint density at radius 2 is 1.38 bits per heavy atom. The Morgan fingerprint density at radius 1 is 0.905 bits per heavy atom. The Labute approximate surface area is 126 Å². The quantitative estimate of drug-likeness (QED) is 0.672. The summed E-state index contributed by atoms with van der Waals surface area (Å²) in [6.07, 6.45) is -0.0264. The second-order valence-electron chi connectivity index (χ2n) is 4.65. The molecule has 1 atom stereocenters. The first kappa shape index (κ1) is 16.0. The van der Waals surface area contributed by atoms with Crippen molar-refractivity contribution in [2.24, 2.45) is 0 Å². The number of hydrogen-bond acceptors (Lipinski definition) is 3. The van der Waals surface area contributed by atoms with Crippen LogP contribution in [0.5, 0.6) is 0 Å². The maximum atomic E-state index is 12.7. The van der Waals surface area contributed by atoms with Gasteiger partial charge in [-0.15, -0.1) is 0 Å². The molecule has 0 aliphatic heterocycles. The Bertz CT molecular complexity index is 544. The van der Waals surface area contributed by atoms with Crippen LogP contribution in [-0.2, 0) is 13.6 Å². The Hall–Kier alpha value is -1.41. The largest absolute Gasteiger partial charge is 0.331 e. The Morgan fingerprint density at radius 3 is 1.76 bits per heavy atom. The summed E-state index contributed by atoms with van der Waals surface area (Å²) >= 11 is 0. The summed E-state index contributed by atoms with van der Waals surface area (Å²) in [5.41, 5.74) is 1.94. The van der Waals surface area contributed by atoms with Crippen LogP contribution in [0.2, 0.25) is 0 Å². The summed E-state index contributed by atoms with van der Waals surface area (Å²) in [5.74, 6) is 0. The lowest BCUT2D eigenvalue weighted by Gasteiger charge is -2.24. The van der Waals surface area contributed by atoms with E-state index in [2.05, 4.69) is 0 Å². The highest BCUT2D eigenvalue weighted by Crippen LogP contribution is 2.52. The molecule has 4 heteroatoms. The van der Waals surface area contributed by atoms with E-state index in [-0.39, 0.29) is 6.10 Å². The molecule has 1 unspecified atom stereocenters. The molecule has 0 saturated heterocycles. The molecule has 2 aromatic rings. The summed E-state index contributed by atoms with van der Waals surface area (Å²) in [6, 6.07) is 19.6. The highest BCUT2D eigenvalue weighted by atomic mass is 31.2. The van der Waals surface area contributed by atoms with E-state index in [9.17, 15) is 4.57 Å². The first-order chi connectivity index (χ1) is 10.2. The summed E-state index contributed by atoms with van der Waals surface area (Å²) in [6.45, 7) is 4.02. The van der Waals surface area contributed by atoms with E-state index in [0.717, 1.165) is 11.1 Å². The lowest BCUT2D eigenvalue weighted by Crippen LogP contribution is -2.07. The lowest BCUT2D eigenvalue weighted by molar-refractivity contribution is 0.176. The van der Waals surface area contributed by atoms with Gasteiger partial charge in [-0.1, -0.05) is 67.6 Å². The van der Waals surface area contributed by atoms with Crippen molar-refractivity contribution < 1.29 is 13.6 Å². The van der Waals surface area contributed by atoms with Crippen LogP contribution >= 0.6 is 7.60 Å². The number of benzene rings is 2.